The summed E-state index contributed by atoms with van der Waals surface area (Å²) >= 11 is 0. The quantitative estimate of drug-likeness (QED) is 0.862. The topological polar surface area (TPSA) is 64.6 Å². The Morgan fingerprint density at radius 1 is 0.955 bits per heavy atom. The van der Waals surface area contributed by atoms with Crippen LogP contribution in [0, 0.1) is 0 Å². The zero-order valence-corrected chi connectivity index (χ0v) is 11.9. The van der Waals surface area contributed by atoms with Gasteiger partial charge in [0, 0.05) is 30.2 Å². The van der Waals surface area contributed by atoms with E-state index in [2.05, 4.69) is 5.32 Å². The van der Waals surface area contributed by atoms with Crippen LogP contribution in [0.15, 0.2) is 48.5 Å². The molecule has 5 nitrogen and oxygen atoms in total. The Morgan fingerprint density at radius 3 is 2.55 bits per heavy atom. The van der Waals surface area contributed by atoms with Gasteiger partial charge in [0.2, 0.25) is 12.7 Å². The van der Waals surface area contributed by atoms with Crippen molar-refractivity contribution in [2.45, 2.75) is 12.8 Å². The molecular formula is C17H15NO4. The van der Waals surface area contributed by atoms with E-state index in [0.717, 1.165) is 0 Å². The van der Waals surface area contributed by atoms with Crippen LogP contribution in [0.5, 0.6) is 11.5 Å². The number of Topliss-reactive ketones (excluding diaryl/α,β-unsaturated/α-hetero) is 1. The Balaban J connectivity index is 1.53. The summed E-state index contributed by atoms with van der Waals surface area (Å²) in [6.07, 6.45) is 0.322. The van der Waals surface area contributed by atoms with E-state index in [-0.39, 0.29) is 31.3 Å². The summed E-state index contributed by atoms with van der Waals surface area (Å²) < 4.78 is 10.5. The fourth-order valence-corrected chi connectivity index (χ4v) is 2.19. The maximum absolute atomic E-state index is 11.9. The molecule has 1 N–H and O–H groups in total. The Bertz CT molecular complexity index is 697. The Labute approximate surface area is 127 Å². The van der Waals surface area contributed by atoms with Gasteiger partial charge in [0.15, 0.2) is 17.3 Å². The molecule has 1 amide bonds. The first-order chi connectivity index (χ1) is 10.7. The predicted octanol–water partition coefficient (Wildman–Crippen LogP) is 3.02. The minimum atomic E-state index is -0.205. The van der Waals surface area contributed by atoms with E-state index >= 15 is 0 Å². The average Bonchev–Trinajstić information content (AvgIpc) is 3.01. The molecule has 0 bridgehead atoms. The van der Waals surface area contributed by atoms with Crippen molar-refractivity contribution in [3.63, 3.8) is 0 Å². The molecule has 0 radical (unpaired) electrons. The van der Waals surface area contributed by atoms with Crippen molar-refractivity contribution in [2.75, 3.05) is 12.1 Å². The number of nitrogens with one attached hydrogen (secondary N) is 1. The number of hydrogen-bond donors (Lipinski definition) is 1. The molecule has 2 aromatic rings. The van der Waals surface area contributed by atoms with E-state index in [1.807, 2.05) is 6.07 Å². The second-order valence-electron chi connectivity index (χ2n) is 4.91. The van der Waals surface area contributed by atoms with Gasteiger partial charge in [0.1, 0.15) is 0 Å². The third-order valence-corrected chi connectivity index (χ3v) is 3.33. The van der Waals surface area contributed by atoms with Gasteiger partial charge in [-0.3, -0.25) is 9.59 Å². The summed E-state index contributed by atoms with van der Waals surface area (Å²) in [6.45, 7) is 0.193. The third kappa shape index (κ3) is 3.25. The molecule has 0 saturated carbocycles. The van der Waals surface area contributed by atoms with Gasteiger partial charge in [-0.15, -0.1) is 0 Å². The number of amides is 1. The number of anilines is 1. The fraction of sp³-hybridized carbons (Fsp3) is 0.176. The summed E-state index contributed by atoms with van der Waals surface area (Å²) in [6, 6.07) is 14.1. The molecule has 0 fully saturated rings. The minimum Gasteiger partial charge on any atom is -0.454 e. The molecule has 0 aromatic heterocycles. The Hall–Kier alpha value is -2.82. The molecule has 22 heavy (non-hydrogen) atoms. The lowest BCUT2D eigenvalue weighted by atomic mass is 10.1. The third-order valence-electron chi connectivity index (χ3n) is 3.33. The van der Waals surface area contributed by atoms with Gasteiger partial charge in [0.05, 0.1) is 0 Å². The monoisotopic (exact) mass is 297 g/mol. The van der Waals surface area contributed by atoms with Gasteiger partial charge in [-0.2, -0.15) is 0 Å². The number of ketones is 1. The lowest BCUT2D eigenvalue weighted by Gasteiger charge is -2.06. The normalized spacial score (nSPS) is 12.0. The van der Waals surface area contributed by atoms with Gasteiger partial charge in [-0.1, -0.05) is 30.3 Å². The molecule has 112 valence electrons. The van der Waals surface area contributed by atoms with Crippen LogP contribution in [0.2, 0.25) is 0 Å². The molecule has 0 unspecified atom stereocenters. The number of carbonyl (C=O) groups excluding carboxylic acids is 2. The van der Waals surface area contributed by atoms with Crippen LogP contribution in [0.4, 0.5) is 5.69 Å². The molecular weight excluding hydrogens is 282 g/mol. The second kappa shape index (κ2) is 6.30. The van der Waals surface area contributed by atoms with Crippen molar-refractivity contribution < 1.29 is 19.1 Å². The van der Waals surface area contributed by atoms with Gasteiger partial charge in [-0.05, 0) is 12.1 Å². The van der Waals surface area contributed by atoms with Crippen LogP contribution in [0.25, 0.3) is 0 Å². The maximum Gasteiger partial charge on any atom is 0.231 e. The first-order valence-corrected chi connectivity index (χ1v) is 7.00. The Kier molecular flexibility index (Phi) is 4.05. The highest BCUT2D eigenvalue weighted by Crippen LogP contribution is 2.34. The molecule has 1 heterocycles. The first-order valence-electron chi connectivity index (χ1n) is 7.00. The number of hydrogen-bond acceptors (Lipinski definition) is 4. The number of rotatable bonds is 5. The van der Waals surface area contributed by atoms with Gasteiger partial charge < -0.3 is 14.8 Å². The van der Waals surface area contributed by atoms with Crippen LogP contribution in [-0.2, 0) is 4.79 Å². The van der Waals surface area contributed by atoms with Crippen molar-refractivity contribution in [1.29, 1.82) is 0 Å². The van der Waals surface area contributed by atoms with Crippen molar-refractivity contribution in [3.8, 4) is 11.5 Å². The van der Waals surface area contributed by atoms with E-state index in [1.54, 1.807) is 42.5 Å². The van der Waals surface area contributed by atoms with Crippen molar-refractivity contribution >= 4 is 17.4 Å². The number of benzene rings is 2. The molecule has 5 heteroatoms. The van der Waals surface area contributed by atoms with Crippen LogP contribution in [0.3, 0.4) is 0 Å². The van der Waals surface area contributed by atoms with Crippen LogP contribution >= 0.6 is 0 Å². The summed E-state index contributed by atoms with van der Waals surface area (Å²) in [7, 11) is 0. The second-order valence-corrected chi connectivity index (χ2v) is 4.91. The van der Waals surface area contributed by atoms with Gasteiger partial charge >= 0.3 is 0 Å². The van der Waals surface area contributed by atoms with Crippen molar-refractivity contribution in [3.05, 3.63) is 54.1 Å². The first kappa shape index (κ1) is 14.1. The highest BCUT2D eigenvalue weighted by atomic mass is 16.7. The van der Waals surface area contributed by atoms with E-state index in [1.165, 1.54) is 0 Å². The molecule has 0 saturated heterocycles. The van der Waals surface area contributed by atoms with Crippen molar-refractivity contribution in [2.24, 2.45) is 0 Å². The maximum atomic E-state index is 11.9. The molecule has 2 aromatic carbocycles. The Morgan fingerprint density at radius 2 is 1.73 bits per heavy atom. The van der Waals surface area contributed by atoms with E-state index in [4.69, 9.17) is 9.47 Å². The van der Waals surface area contributed by atoms with Gasteiger partial charge in [-0.25, -0.2) is 0 Å². The molecule has 0 atom stereocenters. The standard InChI is InChI=1S/C17H15NO4/c19-14(12-4-2-1-3-5-12)7-9-17(20)18-13-6-8-15-16(10-13)22-11-21-15/h1-6,8,10H,7,9,11H2,(H,18,20). The smallest absolute Gasteiger partial charge is 0.231 e. The largest absolute Gasteiger partial charge is 0.454 e. The summed E-state index contributed by atoms with van der Waals surface area (Å²) in [5.41, 5.74) is 1.25. The number of carbonyl (C=O) groups is 2. The van der Waals surface area contributed by atoms with E-state index in [0.29, 0.717) is 22.7 Å². The lowest BCUT2D eigenvalue weighted by molar-refractivity contribution is -0.116. The highest BCUT2D eigenvalue weighted by Gasteiger charge is 2.14. The zero-order valence-electron chi connectivity index (χ0n) is 11.9. The molecule has 1 aliphatic rings. The van der Waals surface area contributed by atoms with Gasteiger partial charge in [0.25, 0.3) is 0 Å². The van der Waals surface area contributed by atoms with E-state index < -0.39 is 0 Å². The molecule has 0 spiro atoms. The summed E-state index contributed by atoms with van der Waals surface area (Å²) in [4.78, 5) is 23.9. The zero-order chi connectivity index (χ0) is 15.4. The summed E-state index contributed by atoms with van der Waals surface area (Å²) in [5.74, 6) is 1.03. The summed E-state index contributed by atoms with van der Waals surface area (Å²) in [5, 5.41) is 2.75. The molecule has 1 aliphatic heterocycles. The van der Waals surface area contributed by atoms with Crippen LogP contribution in [-0.4, -0.2) is 18.5 Å². The average molecular weight is 297 g/mol. The van der Waals surface area contributed by atoms with Crippen LogP contribution < -0.4 is 14.8 Å². The molecule has 3 rings (SSSR count). The predicted molar refractivity (Wildman–Crippen MR) is 81.2 cm³/mol. The van der Waals surface area contributed by atoms with E-state index in [9.17, 15) is 9.59 Å². The lowest BCUT2D eigenvalue weighted by Crippen LogP contribution is -2.13. The fourth-order valence-electron chi connectivity index (χ4n) is 2.19. The minimum absolute atomic E-state index is 0.0403. The van der Waals surface area contributed by atoms with Crippen molar-refractivity contribution in [1.82, 2.24) is 0 Å². The van der Waals surface area contributed by atoms with Crippen LogP contribution in [0.1, 0.15) is 23.2 Å². The SMILES string of the molecule is O=C(CCC(=O)c1ccccc1)Nc1ccc2c(c1)OCO2. The molecule has 0 aliphatic carbocycles. The highest BCUT2D eigenvalue weighted by molar-refractivity contribution is 6.00. The number of ether oxygens (including phenoxy) is 2. The number of fused-ring (bicyclic) bond motifs is 1.